The summed E-state index contributed by atoms with van der Waals surface area (Å²) in [6.07, 6.45) is 8.32. The second kappa shape index (κ2) is 10.3. The topological polar surface area (TPSA) is 91.9 Å². The second-order valence-corrected chi connectivity index (χ2v) is 8.75. The van der Waals surface area contributed by atoms with Gasteiger partial charge in [0.15, 0.2) is 5.82 Å². The van der Waals surface area contributed by atoms with Crippen molar-refractivity contribution in [2.75, 3.05) is 17.2 Å². The van der Waals surface area contributed by atoms with E-state index in [4.69, 9.17) is 4.94 Å². The highest BCUT2D eigenvalue weighted by atomic mass is 32.2. The lowest BCUT2D eigenvalue weighted by molar-refractivity contribution is 0.103. The van der Waals surface area contributed by atoms with Gasteiger partial charge >= 0.3 is 0 Å². The predicted molar refractivity (Wildman–Crippen MR) is 136 cm³/mol. The molecule has 0 radical (unpaired) electrons. The van der Waals surface area contributed by atoms with Crippen LogP contribution in [0.2, 0.25) is 0 Å². The fourth-order valence-corrected chi connectivity index (χ4v) is 4.11. The molecule has 37 heavy (non-hydrogen) atoms. The minimum Gasteiger partial charge on any atom is -0.345 e. The van der Waals surface area contributed by atoms with Crippen molar-refractivity contribution in [1.82, 2.24) is 15.0 Å². The Labute approximate surface area is 213 Å². The molecule has 0 bridgehead atoms. The molecule has 7 nitrogen and oxygen atoms in total. The molecule has 5 rings (SSSR count). The van der Waals surface area contributed by atoms with Crippen LogP contribution in [0, 0.1) is 17.5 Å². The van der Waals surface area contributed by atoms with Gasteiger partial charge in [-0.2, -0.15) is 4.94 Å². The smallest absolute Gasteiger partial charge is 0.201 e. The molecular formula is C26H18F3N5O2S. The van der Waals surface area contributed by atoms with Crippen molar-refractivity contribution in [3.05, 3.63) is 102 Å². The molecule has 0 aliphatic carbocycles. The van der Waals surface area contributed by atoms with Crippen molar-refractivity contribution in [3.8, 4) is 11.1 Å². The van der Waals surface area contributed by atoms with Crippen LogP contribution in [0.1, 0.15) is 15.9 Å². The summed E-state index contributed by atoms with van der Waals surface area (Å²) in [7, 11) is 0. The minimum atomic E-state index is -1.15. The largest absolute Gasteiger partial charge is 0.345 e. The molecule has 0 fully saturated rings. The van der Waals surface area contributed by atoms with Crippen molar-refractivity contribution in [2.24, 2.45) is 0 Å². The monoisotopic (exact) mass is 521 g/mol. The number of pyridine rings is 2. The summed E-state index contributed by atoms with van der Waals surface area (Å²) in [5.74, 6) is -3.57. The van der Waals surface area contributed by atoms with Gasteiger partial charge in [0.05, 0.1) is 16.9 Å². The first kappa shape index (κ1) is 24.3. The van der Waals surface area contributed by atoms with Crippen LogP contribution in [-0.4, -0.2) is 27.0 Å². The molecule has 3 aromatic heterocycles. The number of thioether (sulfide) groups is 1. The molecule has 0 atom stereocenters. The lowest BCUT2D eigenvalue weighted by atomic mass is 10.00. The normalized spacial score (nSPS) is 11.0. The van der Waals surface area contributed by atoms with Gasteiger partial charge in [0, 0.05) is 51.8 Å². The van der Waals surface area contributed by atoms with Crippen LogP contribution < -0.4 is 11.0 Å². The maximum atomic E-state index is 15.3. The molecule has 11 heteroatoms. The number of benzene rings is 2. The zero-order valence-corrected chi connectivity index (χ0v) is 20.0. The predicted octanol–water partition coefficient (Wildman–Crippen LogP) is 6.37. The molecular weight excluding hydrogens is 503 g/mol. The standard InChI is InChI=1S/C26H18F3N5O2S/c1-37-18-7-14(10-30-12-18)15-8-19-20(13-32-26(19)31-11-15)25(35)23-21(28)5-6-22(24(23)29)34-36-33-17-4-2-3-16(27)9-17/h2-13,33-34H,1H3,(H,31,32). The van der Waals surface area contributed by atoms with Crippen molar-refractivity contribution >= 4 is 40.0 Å². The highest BCUT2D eigenvalue weighted by molar-refractivity contribution is 7.98. The molecule has 0 spiro atoms. The molecule has 3 N–H and O–H groups in total. The first-order chi connectivity index (χ1) is 17.9. The van der Waals surface area contributed by atoms with Crippen LogP contribution >= 0.6 is 11.8 Å². The van der Waals surface area contributed by atoms with E-state index in [-0.39, 0.29) is 16.9 Å². The molecule has 2 aromatic carbocycles. The summed E-state index contributed by atoms with van der Waals surface area (Å²) in [4.78, 5) is 30.7. The van der Waals surface area contributed by atoms with Crippen molar-refractivity contribution in [1.29, 1.82) is 0 Å². The summed E-state index contributed by atoms with van der Waals surface area (Å²) < 4.78 is 43.3. The fraction of sp³-hybridized carbons (Fsp3) is 0.0385. The number of carbonyl (C=O) groups is 1. The molecule has 0 amide bonds. The number of nitrogens with one attached hydrogen (secondary N) is 3. The Balaban J connectivity index is 1.44. The maximum absolute atomic E-state index is 15.3. The van der Waals surface area contributed by atoms with Gasteiger partial charge in [-0.1, -0.05) is 6.07 Å². The number of H-pyrrole nitrogens is 1. The number of fused-ring (bicyclic) bond motifs is 1. The van der Waals surface area contributed by atoms with Crippen molar-refractivity contribution < 1.29 is 22.9 Å². The Morgan fingerprint density at radius 2 is 1.84 bits per heavy atom. The number of aromatic nitrogens is 3. The van der Waals surface area contributed by atoms with Crippen LogP contribution in [0.4, 0.5) is 24.5 Å². The fourth-order valence-electron chi connectivity index (χ4n) is 3.70. The van der Waals surface area contributed by atoms with Crippen LogP contribution in [0.5, 0.6) is 0 Å². The molecule has 3 heterocycles. The first-order valence-corrected chi connectivity index (χ1v) is 12.1. The molecule has 0 saturated carbocycles. The average Bonchev–Trinajstić information content (AvgIpc) is 3.33. The van der Waals surface area contributed by atoms with Gasteiger partial charge in [-0.3, -0.25) is 9.78 Å². The molecule has 0 aliphatic rings. The molecule has 5 aromatic rings. The number of nitrogens with zero attached hydrogens (tertiary/aromatic N) is 2. The van der Waals surface area contributed by atoms with E-state index in [1.165, 1.54) is 36.2 Å². The molecule has 0 aliphatic heterocycles. The molecule has 186 valence electrons. The quantitative estimate of drug-likeness (QED) is 0.124. The van der Waals surface area contributed by atoms with Gasteiger partial charge in [0.25, 0.3) is 0 Å². The number of hydrogen-bond acceptors (Lipinski definition) is 7. The summed E-state index contributed by atoms with van der Waals surface area (Å²) in [6.45, 7) is 0. The van der Waals surface area contributed by atoms with Crippen molar-refractivity contribution in [2.45, 2.75) is 4.90 Å². The van der Waals surface area contributed by atoms with Gasteiger partial charge in [0.2, 0.25) is 5.78 Å². The number of aromatic amines is 1. The third-order valence-electron chi connectivity index (χ3n) is 5.53. The summed E-state index contributed by atoms with van der Waals surface area (Å²) in [5, 5.41) is 0.401. The number of carbonyl (C=O) groups excluding carboxylic acids is 1. The Bertz CT molecular complexity index is 1630. The van der Waals surface area contributed by atoms with Gasteiger partial charge in [-0.25, -0.2) is 29.1 Å². The Morgan fingerprint density at radius 3 is 2.65 bits per heavy atom. The van der Waals surface area contributed by atoms with Crippen LogP contribution in [-0.2, 0) is 4.94 Å². The third kappa shape index (κ3) is 4.99. The Morgan fingerprint density at radius 1 is 1.00 bits per heavy atom. The highest BCUT2D eigenvalue weighted by Gasteiger charge is 2.25. The summed E-state index contributed by atoms with van der Waals surface area (Å²) in [6, 6.07) is 11.1. The minimum absolute atomic E-state index is 0.0482. The van der Waals surface area contributed by atoms with Gasteiger partial charge in [0.1, 0.15) is 17.3 Å². The first-order valence-electron chi connectivity index (χ1n) is 10.9. The maximum Gasteiger partial charge on any atom is 0.201 e. The van der Waals surface area contributed by atoms with E-state index in [2.05, 4.69) is 25.9 Å². The van der Waals surface area contributed by atoms with Crippen LogP contribution in [0.25, 0.3) is 22.2 Å². The lowest BCUT2D eigenvalue weighted by Crippen LogP contribution is -2.13. The van der Waals surface area contributed by atoms with Crippen LogP contribution in [0.3, 0.4) is 0 Å². The third-order valence-corrected chi connectivity index (χ3v) is 6.23. The van der Waals surface area contributed by atoms with Gasteiger partial charge in [-0.05, 0) is 48.7 Å². The van der Waals surface area contributed by atoms with E-state index < -0.39 is 28.8 Å². The van der Waals surface area contributed by atoms with E-state index in [0.29, 0.717) is 16.6 Å². The zero-order valence-electron chi connectivity index (χ0n) is 19.2. The number of rotatable bonds is 8. The van der Waals surface area contributed by atoms with Crippen molar-refractivity contribution in [3.63, 3.8) is 0 Å². The lowest BCUT2D eigenvalue weighted by Gasteiger charge is -2.12. The average molecular weight is 522 g/mol. The van der Waals surface area contributed by atoms with E-state index in [0.717, 1.165) is 28.7 Å². The summed E-state index contributed by atoms with van der Waals surface area (Å²) in [5.41, 5.74) is 5.76. The number of anilines is 2. The summed E-state index contributed by atoms with van der Waals surface area (Å²) >= 11 is 1.53. The van der Waals surface area contributed by atoms with Crippen LogP contribution in [0.15, 0.2) is 78.2 Å². The van der Waals surface area contributed by atoms with E-state index >= 15 is 4.39 Å². The zero-order chi connectivity index (χ0) is 25.9. The van der Waals surface area contributed by atoms with E-state index in [1.54, 1.807) is 24.7 Å². The second-order valence-electron chi connectivity index (χ2n) is 7.87. The van der Waals surface area contributed by atoms with Gasteiger partial charge < -0.3 is 4.98 Å². The SMILES string of the molecule is CSc1cncc(-c2cnc3[nH]cc(C(=O)c4c(F)ccc(NONc5cccc(F)c5)c4F)c3c2)c1. The molecule has 0 unspecified atom stereocenters. The number of halogens is 3. The Kier molecular flexibility index (Phi) is 6.80. The van der Waals surface area contributed by atoms with Gasteiger partial charge in [-0.15, -0.1) is 11.8 Å². The number of ketones is 1. The Hall–Kier alpha value is -4.35. The number of hydrogen-bond donors (Lipinski definition) is 3. The van der Waals surface area contributed by atoms with E-state index in [1.807, 2.05) is 12.3 Å². The highest BCUT2D eigenvalue weighted by Crippen LogP contribution is 2.30. The van der Waals surface area contributed by atoms with E-state index in [9.17, 15) is 13.6 Å². The molecule has 0 saturated heterocycles.